The normalized spacial score (nSPS) is 19.8. The molecule has 0 bridgehead atoms. The highest BCUT2D eigenvalue weighted by Crippen LogP contribution is 2.39. The number of carbonyl (C=O) groups excluding carboxylic acids is 2. The Morgan fingerprint density at radius 2 is 1.84 bits per heavy atom. The first-order valence-corrected chi connectivity index (χ1v) is 11.1. The second-order valence-electron chi connectivity index (χ2n) is 7.72. The molecule has 9 heteroatoms. The van der Waals surface area contributed by atoms with Gasteiger partial charge in [-0.1, -0.05) is 12.5 Å². The molecule has 1 fully saturated rings. The molecule has 0 spiro atoms. The van der Waals surface area contributed by atoms with Crippen LogP contribution < -0.4 is 0 Å². The fourth-order valence-corrected chi connectivity index (χ4v) is 4.89. The molecule has 31 heavy (non-hydrogen) atoms. The maximum Gasteiger partial charge on any atom is 0.290 e. The third-order valence-electron chi connectivity index (χ3n) is 5.82. The van der Waals surface area contributed by atoms with E-state index >= 15 is 0 Å². The number of aliphatic hydroxyl groups excluding tert-OH is 1. The van der Waals surface area contributed by atoms with Crippen LogP contribution in [-0.4, -0.2) is 57.7 Å². The zero-order valence-electron chi connectivity index (χ0n) is 16.9. The average Bonchev–Trinajstić information content (AvgIpc) is 3.41. The van der Waals surface area contributed by atoms with E-state index in [9.17, 15) is 24.8 Å². The number of piperidine rings is 1. The summed E-state index contributed by atoms with van der Waals surface area (Å²) in [7, 11) is 0. The highest BCUT2D eigenvalue weighted by Gasteiger charge is 2.44. The van der Waals surface area contributed by atoms with E-state index in [1.807, 2.05) is 0 Å². The predicted molar refractivity (Wildman–Crippen MR) is 116 cm³/mol. The van der Waals surface area contributed by atoms with Crippen molar-refractivity contribution in [2.24, 2.45) is 0 Å². The lowest BCUT2D eigenvalue weighted by molar-refractivity contribution is -0.384. The number of ketones is 1. The molecule has 1 aromatic heterocycles. The first-order valence-electron chi connectivity index (χ1n) is 10.3. The number of likely N-dealkylation sites (tertiary alicyclic amines) is 1. The number of carbonyl (C=O) groups is 2. The van der Waals surface area contributed by atoms with Crippen molar-refractivity contribution in [1.82, 2.24) is 9.80 Å². The molecule has 1 atom stereocenters. The van der Waals surface area contributed by atoms with Crippen LogP contribution in [0.25, 0.3) is 0 Å². The van der Waals surface area contributed by atoms with Crippen molar-refractivity contribution in [2.45, 2.75) is 25.3 Å². The van der Waals surface area contributed by atoms with Crippen LogP contribution in [0, 0.1) is 10.1 Å². The molecule has 1 saturated heterocycles. The van der Waals surface area contributed by atoms with Gasteiger partial charge in [0.1, 0.15) is 0 Å². The number of amides is 1. The Kier molecular flexibility index (Phi) is 6.15. The molecule has 1 aromatic carbocycles. The standard InChI is InChI=1S/C22H23N3O5S/c26-20(17-5-4-14-31-17)18-19(15-6-8-16(9-7-15)25(29)30)24(22(28)21(18)27)13-12-23-10-2-1-3-11-23/h4-9,14,19,27H,1-3,10-13H2. The molecule has 4 rings (SSSR count). The molecule has 0 aliphatic carbocycles. The van der Waals surface area contributed by atoms with Gasteiger partial charge in [0, 0.05) is 25.2 Å². The quantitative estimate of drug-likeness (QED) is 0.399. The van der Waals surface area contributed by atoms with Gasteiger partial charge in [-0.25, -0.2) is 0 Å². The summed E-state index contributed by atoms with van der Waals surface area (Å²) in [5.41, 5.74) is 0.508. The molecule has 0 saturated carbocycles. The molecule has 2 aliphatic heterocycles. The number of aliphatic hydroxyl groups is 1. The third-order valence-corrected chi connectivity index (χ3v) is 6.69. The van der Waals surface area contributed by atoms with Crippen molar-refractivity contribution in [2.75, 3.05) is 26.2 Å². The molecular weight excluding hydrogens is 418 g/mol. The van der Waals surface area contributed by atoms with Gasteiger partial charge in [0.05, 0.1) is 21.4 Å². The Bertz CT molecular complexity index is 1010. The van der Waals surface area contributed by atoms with E-state index in [2.05, 4.69) is 4.90 Å². The summed E-state index contributed by atoms with van der Waals surface area (Å²) >= 11 is 1.24. The Balaban J connectivity index is 1.67. The molecule has 8 nitrogen and oxygen atoms in total. The maximum atomic E-state index is 13.2. The Labute approximate surface area is 183 Å². The topological polar surface area (TPSA) is 104 Å². The van der Waals surface area contributed by atoms with Crippen LogP contribution >= 0.6 is 11.3 Å². The summed E-state index contributed by atoms with van der Waals surface area (Å²) in [5.74, 6) is -1.52. The molecule has 2 aliphatic rings. The van der Waals surface area contributed by atoms with Crippen LogP contribution in [0.2, 0.25) is 0 Å². The minimum absolute atomic E-state index is 0.0277. The van der Waals surface area contributed by atoms with Crippen LogP contribution in [0.1, 0.15) is 40.5 Å². The number of hydrogen-bond donors (Lipinski definition) is 1. The van der Waals surface area contributed by atoms with E-state index in [-0.39, 0.29) is 11.3 Å². The van der Waals surface area contributed by atoms with Crippen molar-refractivity contribution in [3.63, 3.8) is 0 Å². The van der Waals surface area contributed by atoms with Gasteiger partial charge < -0.3 is 14.9 Å². The lowest BCUT2D eigenvalue weighted by Crippen LogP contribution is -2.40. The van der Waals surface area contributed by atoms with E-state index in [0.29, 0.717) is 23.5 Å². The number of hydrogen-bond acceptors (Lipinski definition) is 7. The Morgan fingerprint density at radius 3 is 2.45 bits per heavy atom. The molecule has 1 N–H and O–H groups in total. The lowest BCUT2D eigenvalue weighted by Gasteiger charge is -2.31. The van der Waals surface area contributed by atoms with Crippen LogP contribution in [0.5, 0.6) is 0 Å². The first-order chi connectivity index (χ1) is 15.0. The molecule has 0 radical (unpaired) electrons. The van der Waals surface area contributed by atoms with Gasteiger partial charge in [-0.2, -0.15) is 0 Å². The molecule has 2 aromatic rings. The summed E-state index contributed by atoms with van der Waals surface area (Å²) in [6, 6.07) is 8.40. The van der Waals surface area contributed by atoms with Crippen molar-refractivity contribution < 1.29 is 19.6 Å². The minimum Gasteiger partial charge on any atom is -0.503 e. The van der Waals surface area contributed by atoms with Gasteiger partial charge in [-0.05, 0) is 55.1 Å². The third kappa shape index (κ3) is 4.24. The van der Waals surface area contributed by atoms with Crippen molar-refractivity contribution >= 4 is 28.7 Å². The molecule has 1 amide bonds. The summed E-state index contributed by atoms with van der Waals surface area (Å²) in [6.45, 7) is 2.92. The summed E-state index contributed by atoms with van der Waals surface area (Å²) in [6.07, 6.45) is 3.43. The fourth-order valence-electron chi connectivity index (χ4n) is 4.21. The summed E-state index contributed by atoms with van der Waals surface area (Å²) in [4.78, 5) is 40.9. The smallest absolute Gasteiger partial charge is 0.290 e. The van der Waals surface area contributed by atoms with Gasteiger partial charge >= 0.3 is 0 Å². The van der Waals surface area contributed by atoms with Gasteiger partial charge in [-0.15, -0.1) is 11.3 Å². The van der Waals surface area contributed by atoms with E-state index in [1.165, 1.54) is 34.8 Å². The van der Waals surface area contributed by atoms with Gasteiger partial charge in [0.2, 0.25) is 5.78 Å². The predicted octanol–water partition coefficient (Wildman–Crippen LogP) is 3.72. The molecule has 3 heterocycles. The maximum absolute atomic E-state index is 13.2. The van der Waals surface area contributed by atoms with Crippen LogP contribution in [0.15, 0.2) is 53.1 Å². The second-order valence-corrected chi connectivity index (χ2v) is 8.67. The number of benzene rings is 1. The number of nitro benzene ring substituents is 1. The van der Waals surface area contributed by atoms with Gasteiger partial charge in [-0.3, -0.25) is 19.7 Å². The first kappa shape index (κ1) is 21.2. The average molecular weight is 442 g/mol. The Morgan fingerprint density at radius 1 is 1.13 bits per heavy atom. The van der Waals surface area contributed by atoms with Crippen molar-refractivity contribution in [3.05, 3.63) is 73.7 Å². The largest absolute Gasteiger partial charge is 0.503 e. The number of non-ortho nitro benzene ring substituents is 1. The van der Waals surface area contributed by atoms with E-state index < -0.39 is 28.4 Å². The van der Waals surface area contributed by atoms with E-state index in [0.717, 1.165) is 25.9 Å². The molecule has 162 valence electrons. The molecular formula is C22H23N3O5S. The van der Waals surface area contributed by atoms with Crippen molar-refractivity contribution in [1.29, 1.82) is 0 Å². The number of rotatable bonds is 7. The zero-order valence-corrected chi connectivity index (χ0v) is 17.7. The highest BCUT2D eigenvalue weighted by molar-refractivity contribution is 7.12. The van der Waals surface area contributed by atoms with Crippen molar-refractivity contribution in [3.8, 4) is 0 Å². The molecule has 1 unspecified atom stereocenters. The van der Waals surface area contributed by atoms with E-state index in [4.69, 9.17) is 0 Å². The van der Waals surface area contributed by atoms with Crippen LogP contribution in [0.3, 0.4) is 0 Å². The lowest BCUT2D eigenvalue weighted by atomic mass is 9.95. The SMILES string of the molecule is O=C(C1=C(O)C(=O)N(CCN2CCCCC2)C1c1ccc([N+](=O)[O-])cc1)c1cccs1. The monoisotopic (exact) mass is 441 g/mol. The number of thiophene rings is 1. The van der Waals surface area contributed by atoms with E-state index in [1.54, 1.807) is 29.6 Å². The van der Waals surface area contributed by atoms with Crippen LogP contribution in [0.4, 0.5) is 5.69 Å². The zero-order chi connectivity index (χ0) is 22.0. The van der Waals surface area contributed by atoms with Crippen LogP contribution in [-0.2, 0) is 4.79 Å². The highest BCUT2D eigenvalue weighted by atomic mass is 32.1. The summed E-state index contributed by atoms with van der Waals surface area (Å²) in [5, 5.41) is 23.5. The van der Waals surface area contributed by atoms with Gasteiger partial charge in [0.15, 0.2) is 5.76 Å². The minimum atomic E-state index is -0.785. The number of Topliss-reactive ketones (excluding diaryl/α,β-unsaturated/α-hetero) is 1. The Hall–Kier alpha value is -3.04. The number of nitrogens with zero attached hydrogens (tertiary/aromatic N) is 3. The fraction of sp³-hybridized carbons (Fsp3) is 0.364. The summed E-state index contributed by atoms with van der Waals surface area (Å²) < 4.78 is 0. The number of nitro groups is 1. The second kappa shape index (κ2) is 8.99. The van der Waals surface area contributed by atoms with Gasteiger partial charge in [0.25, 0.3) is 11.6 Å².